The molecule has 1 rings (SSSR count). The van der Waals surface area contributed by atoms with Gasteiger partial charge in [-0.05, 0) is 31.1 Å². The highest BCUT2D eigenvalue weighted by Crippen LogP contribution is 2.25. The van der Waals surface area contributed by atoms with Crippen LogP contribution in [0.1, 0.15) is 39.5 Å². The number of nitrogens with one attached hydrogen (secondary N) is 1. The minimum Gasteiger partial charge on any atom is -0.374 e. The van der Waals surface area contributed by atoms with Crippen LogP contribution in [0, 0.1) is 18.9 Å². The Morgan fingerprint density at radius 1 is 1.52 bits per heavy atom. The molecule has 0 aliphatic carbocycles. The van der Waals surface area contributed by atoms with Crippen molar-refractivity contribution in [1.82, 2.24) is 5.32 Å². The Kier molecular flexibility index (Phi) is 6.91. The maximum Gasteiger partial charge on any atom is 0.554 e. The van der Waals surface area contributed by atoms with Crippen molar-refractivity contribution >= 4 is 12.1 Å². The maximum absolute atomic E-state index is 11.3. The first-order valence-electron chi connectivity index (χ1n) is 7.10. The van der Waals surface area contributed by atoms with E-state index in [-0.39, 0.29) is 12.5 Å². The van der Waals surface area contributed by atoms with Crippen molar-refractivity contribution < 1.29 is 28.9 Å². The average Bonchev–Trinajstić information content (AvgIpc) is 2.41. The zero-order valence-corrected chi connectivity index (χ0v) is 12.6. The molecule has 3 unspecified atom stereocenters. The number of hydrogen-bond acceptors (Lipinski definition) is 5. The van der Waals surface area contributed by atoms with Gasteiger partial charge in [0.1, 0.15) is 0 Å². The number of amides is 1. The Morgan fingerprint density at radius 2 is 2.24 bits per heavy atom. The molecule has 7 heteroatoms. The van der Waals surface area contributed by atoms with Crippen molar-refractivity contribution in [3.8, 4) is 0 Å². The highest BCUT2D eigenvalue weighted by molar-refractivity contribution is 5.75. The monoisotopic (exact) mass is 301 g/mol. The molecule has 0 aromatic rings. The third-order valence-electron chi connectivity index (χ3n) is 3.79. The minimum atomic E-state index is -1.75. The average molecular weight is 301 g/mol. The fourth-order valence-corrected chi connectivity index (χ4v) is 2.42. The second-order valence-corrected chi connectivity index (χ2v) is 5.43. The molecule has 0 saturated carbocycles. The van der Waals surface area contributed by atoms with Crippen LogP contribution < -0.4 is 5.32 Å². The molecule has 120 valence electrons. The number of carbonyl (C=O) groups is 2. The molecule has 1 amide bonds. The van der Waals surface area contributed by atoms with Gasteiger partial charge in [0.25, 0.3) is 0 Å². The van der Waals surface area contributed by atoms with E-state index in [1.807, 2.05) is 0 Å². The molecule has 0 aromatic carbocycles. The summed E-state index contributed by atoms with van der Waals surface area (Å²) < 4.78 is 14.4. The lowest BCUT2D eigenvalue weighted by Gasteiger charge is -2.29. The third-order valence-corrected chi connectivity index (χ3v) is 3.79. The van der Waals surface area contributed by atoms with Crippen LogP contribution in [-0.4, -0.2) is 31.2 Å². The molecule has 1 heterocycles. The molecule has 3 atom stereocenters. The molecule has 1 fully saturated rings. The Hall–Kier alpha value is -1.34. The van der Waals surface area contributed by atoms with Crippen LogP contribution in [-0.2, 0) is 24.1 Å². The second-order valence-electron chi connectivity index (χ2n) is 5.43. The van der Waals surface area contributed by atoms with Gasteiger partial charge in [-0.15, -0.1) is 0 Å². The van der Waals surface area contributed by atoms with Crippen LogP contribution in [0.3, 0.4) is 0 Å². The van der Waals surface area contributed by atoms with E-state index in [1.54, 1.807) is 0 Å². The molecule has 0 aromatic heterocycles. The smallest absolute Gasteiger partial charge is 0.374 e. The summed E-state index contributed by atoms with van der Waals surface area (Å²) in [5.74, 6) is -0.954. The van der Waals surface area contributed by atoms with Crippen LogP contribution >= 0.6 is 0 Å². The lowest BCUT2D eigenvalue weighted by atomic mass is 9.85. The van der Waals surface area contributed by atoms with Crippen molar-refractivity contribution in [2.75, 3.05) is 13.2 Å². The van der Waals surface area contributed by atoms with Gasteiger partial charge in [0.2, 0.25) is 5.91 Å². The van der Waals surface area contributed by atoms with Crippen LogP contribution in [0.2, 0.25) is 0 Å². The van der Waals surface area contributed by atoms with E-state index < -0.39 is 12.1 Å². The lowest BCUT2D eigenvalue weighted by Crippen LogP contribution is -2.37. The number of ether oxygens (including phenoxy) is 3. The quantitative estimate of drug-likeness (QED) is 0.598. The minimum absolute atomic E-state index is 0.0944. The van der Waals surface area contributed by atoms with Gasteiger partial charge in [0.15, 0.2) is 0 Å². The zero-order valence-electron chi connectivity index (χ0n) is 12.6. The molecule has 2 radical (unpaired) electrons. The fraction of sp³-hybridized carbons (Fsp3) is 0.786. The first-order valence-corrected chi connectivity index (χ1v) is 7.10. The molecule has 1 saturated heterocycles. The molecule has 1 aliphatic heterocycles. The second kappa shape index (κ2) is 8.19. The summed E-state index contributed by atoms with van der Waals surface area (Å²) in [4.78, 5) is 21.8. The summed E-state index contributed by atoms with van der Waals surface area (Å²) >= 11 is 0. The van der Waals surface area contributed by atoms with Crippen molar-refractivity contribution in [3.05, 3.63) is 7.11 Å². The van der Waals surface area contributed by atoms with Gasteiger partial charge in [0, 0.05) is 19.9 Å². The van der Waals surface area contributed by atoms with Gasteiger partial charge < -0.3 is 19.5 Å². The SMILES string of the molecule is [CH2]OC(C)(OCCC1CCCC(=O)NCC1C)OC([O])=O. The van der Waals surface area contributed by atoms with Gasteiger partial charge in [-0.2, -0.15) is 9.90 Å². The summed E-state index contributed by atoms with van der Waals surface area (Å²) in [6.45, 7) is 4.30. The standard InChI is InChI=1S/C14H23NO6/c1-10-9-15-12(16)6-4-5-11(10)7-8-20-14(2,19-3)21-13(17)18/h10-11H,3-9H2,1-2H3,(H,15,16). The summed E-state index contributed by atoms with van der Waals surface area (Å²) in [6, 6.07) is 0. The van der Waals surface area contributed by atoms with E-state index in [2.05, 4.69) is 28.8 Å². The number of hydrogen-bond donors (Lipinski definition) is 1. The van der Waals surface area contributed by atoms with E-state index in [1.165, 1.54) is 6.92 Å². The molecule has 1 N–H and O–H groups in total. The van der Waals surface area contributed by atoms with Gasteiger partial charge in [-0.3, -0.25) is 4.79 Å². The largest absolute Gasteiger partial charge is 0.554 e. The van der Waals surface area contributed by atoms with Gasteiger partial charge >= 0.3 is 12.1 Å². The normalized spacial score (nSPS) is 26.1. The molecular formula is C14H23NO6. The summed E-state index contributed by atoms with van der Waals surface area (Å²) in [5.41, 5.74) is 0. The first-order chi connectivity index (χ1) is 9.86. The van der Waals surface area contributed by atoms with Crippen LogP contribution in [0.15, 0.2) is 0 Å². The molecule has 7 nitrogen and oxygen atoms in total. The van der Waals surface area contributed by atoms with Crippen molar-refractivity contribution in [1.29, 1.82) is 0 Å². The maximum atomic E-state index is 11.3. The van der Waals surface area contributed by atoms with Crippen molar-refractivity contribution in [2.24, 2.45) is 11.8 Å². The molecule has 21 heavy (non-hydrogen) atoms. The number of rotatable bonds is 6. The topological polar surface area (TPSA) is 93.8 Å². The molecule has 0 bridgehead atoms. The predicted molar refractivity (Wildman–Crippen MR) is 72.1 cm³/mol. The van der Waals surface area contributed by atoms with E-state index in [4.69, 9.17) is 4.74 Å². The van der Waals surface area contributed by atoms with Crippen LogP contribution in [0.4, 0.5) is 4.79 Å². The Morgan fingerprint density at radius 3 is 2.86 bits per heavy atom. The van der Waals surface area contributed by atoms with E-state index in [0.717, 1.165) is 12.8 Å². The Bertz CT molecular complexity index is 361. The fourth-order valence-electron chi connectivity index (χ4n) is 2.42. The summed E-state index contributed by atoms with van der Waals surface area (Å²) in [7, 11) is 3.14. The highest BCUT2D eigenvalue weighted by Gasteiger charge is 2.31. The van der Waals surface area contributed by atoms with Crippen molar-refractivity contribution in [2.45, 2.75) is 45.5 Å². The molecule has 1 aliphatic rings. The number of carbonyl (C=O) groups excluding carboxylic acids is 2. The third kappa shape index (κ3) is 6.31. The summed E-state index contributed by atoms with van der Waals surface area (Å²) in [6.07, 6.45) is 1.29. The molecular weight excluding hydrogens is 278 g/mol. The Balaban J connectivity index is 2.42. The van der Waals surface area contributed by atoms with E-state index in [9.17, 15) is 14.7 Å². The van der Waals surface area contributed by atoms with Gasteiger partial charge in [-0.25, -0.2) is 0 Å². The first kappa shape index (κ1) is 17.7. The van der Waals surface area contributed by atoms with Crippen LogP contribution in [0.25, 0.3) is 0 Å². The van der Waals surface area contributed by atoms with Crippen molar-refractivity contribution in [3.63, 3.8) is 0 Å². The predicted octanol–water partition coefficient (Wildman–Crippen LogP) is 1.99. The van der Waals surface area contributed by atoms with E-state index in [0.29, 0.717) is 31.2 Å². The van der Waals surface area contributed by atoms with Gasteiger partial charge in [-0.1, -0.05) is 6.92 Å². The van der Waals surface area contributed by atoms with E-state index >= 15 is 0 Å². The zero-order chi connectivity index (χ0) is 15.9. The molecule has 0 spiro atoms. The summed E-state index contributed by atoms with van der Waals surface area (Å²) in [5, 5.41) is 13.3. The Labute approximate surface area is 124 Å². The highest BCUT2D eigenvalue weighted by atomic mass is 16.9. The van der Waals surface area contributed by atoms with Gasteiger partial charge in [0.05, 0.1) is 13.7 Å². The lowest BCUT2D eigenvalue weighted by molar-refractivity contribution is -0.331. The van der Waals surface area contributed by atoms with Crippen LogP contribution in [0.5, 0.6) is 0 Å².